The van der Waals surface area contributed by atoms with Gasteiger partial charge in [-0.15, -0.1) is 0 Å². The van der Waals surface area contributed by atoms with E-state index in [0.717, 1.165) is 16.7 Å². The van der Waals surface area contributed by atoms with Crippen molar-refractivity contribution in [2.24, 2.45) is 0 Å². The number of methoxy groups -OCH3 is 2. The van der Waals surface area contributed by atoms with Crippen molar-refractivity contribution in [1.82, 2.24) is 15.1 Å². The number of esters is 2. The number of hydrogen-bond donors (Lipinski definition) is 4. The molecular formula is C40H47N3O11S. The molecule has 4 N–H and O–H groups in total. The fraction of sp³-hybridized carbons (Fsp3) is 0.500. The Labute approximate surface area is 323 Å². The van der Waals surface area contributed by atoms with E-state index in [9.17, 15) is 24.9 Å². The SMILES string of the molecule is COc1cc2c(cc1O)CCN[C@]21CSCC2[C@@H]3c4c(cc(C)c(OC)c4O)CC(O)(CN3C)N2[C@H](c2c(C)c(OC(C)=O)c(C)c3c2OCO3)COC1=O. The molecule has 15 heteroatoms. The molecule has 2 bridgehead atoms. The Kier molecular flexibility index (Phi) is 9.31. The standard InChI is InChI=1S/C40H47N3O11S/c1-19-10-24-13-39(48)16-42(5)32(31(24)33(46)34(19)50-7)27-15-55-17-40(25-12-29(49-6)28(45)11-23(25)8-9-41-40)38(47)51-14-26(43(27)39)30-20(2)35(54-22(4)44)21(3)36-37(30)53-18-52-36/h10-12,26-27,32,41,45-46,48H,8-9,13-18H2,1-7H3/t26-,27?,32+,39?,40+/m0/s1. The lowest BCUT2D eigenvalue weighted by Crippen LogP contribution is -2.68. The Bertz CT molecular complexity index is 2110. The Morgan fingerprint density at radius 3 is 2.49 bits per heavy atom. The van der Waals surface area contributed by atoms with Crippen molar-refractivity contribution in [3.05, 3.63) is 62.7 Å². The lowest BCUT2D eigenvalue weighted by atomic mass is 9.83. The Morgan fingerprint density at radius 1 is 1.00 bits per heavy atom. The lowest BCUT2D eigenvalue weighted by molar-refractivity contribution is -0.207. The largest absolute Gasteiger partial charge is 0.504 e. The number of nitrogens with one attached hydrogen (secondary N) is 1. The van der Waals surface area contributed by atoms with Gasteiger partial charge in [-0.1, -0.05) is 6.07 Å². The molecule has 1 spiro atoms. The number of phenols is 2. The van der Waals surface area contributed by atoms with Crippen LogP contribution >= 0.6 is 11.8 Å². The van der Waals surface area contributed by atoms with E-state index in [-0.39, 0.29) is 49.4 Å². The number of piperazine rings is 1. The molecule has 0 radical (unpaired) electrons. The number of aromatic hydroxyl groups is 2. The van der Waals surface area contributed by atoms with Crippen LogP contribution in [0.3, 0.4) is 0 Å². The molecule has 0 aliphatic carbocycles. The predicted molar refractivity (Wildman–Crippen MR) is 201 cm³/mol. The normalized spacial score (nSPS) is 27.4. The van der Waals surface area contributed by atoms with Gasteiger partial charge in [0.1, 0.15) is 18.1 Å². The number of phenolic OH excluding ortho intramolecular Hbond substituents is 2. The summed E-state index contributed by atoms with van der Waals surface area (Å²) in [6.07, 6.45) is 0.727. The van der Waals surface area contributed by atoms with Crippen molar-refractivity contribution in [3.8, 4) is 40.2 Å². The molecule has 2 fully saturated rings. The minimum atomic E-state index is -1.55. The van der Waals surface area contributed by atoms with Gasteiger partial charge in [0, 0.05) is 66.2 Å². The van der Waals surface area contributed by atoms with E-state index in [2.05, 4.69) is 10.2 Å². The topological polar surface area (TPSA) is 169 Å². The molecule has 0 aromatic heterocycles. The van der Waals surface area contributed by atoms with E-state index in [1.807, 2.05) is 31.9 Å². The Hall–Kier alpha value is -4.41. The van der Waals surface area contributed by atoms with E-state index in [1.54, 1.807) is 19.1 Å². The number of benzene rings is 3. The van der Waals surface area contributed by atoms with Gasteiger partial charge in [0.15, 0.2) is 40.0 Å². The number of fused-ring (bicyclic) bond motifs is 4. The van der Waals surface area contributed by atoms with Crippen molar-refractivity contribution in [2.75, 3.05) is 59.3 Å². The highest BCUT2D eigenvalue weighted by Gasteiger charge is 2.58. The summed E-state index contributed by atoms with van der Waals surface area (Å²) in [5.41, 5.74) is 2.51. The van der Waals surface area contributed by atoms with Gasteiger partial charge in [0.2, 0.25) is 6.79 Å². The van der Waals surface area contributed by atoms with Crippen LogP contribution < -0.4 is 29.0 Å². The van der Waals surface area contributed by atoms with Gasteiger partial charge in [-0.2, -0.15) is 11.8 Å². The molecule has 5 atom stereocenters. The molecule has 0 amide bonds. The first-order valence-corrected chi connectivity index (χ1v) is 19.5. The van der Waals surface area contributed by atoms with Crippen LogP contribution in [0, 0.1) is 20.8 Å². The van der Waals surface area contributed by atoms with Gasteiger partial charge in [-0.25, -0.2) is 4.79 Å². The number of thioether (sulfide) groups is 1. The third-order valence-corrected chi connectivity index (χ3v) is 13.1. The average molecular weight is 778 g/mol. The summed E-state index contributed by atoms with van der Waals surface area (Å²) in [5, 5.41) is 39.3. The van der Waals surface area contributed by atoms with E-state index in [0.29, 0.717) is 69.5 Å². The molecule has 55 heavy (non-hydrogen) atoms. The fourth-order valence-electron chi connectivity index (χ4n) is 9.79. The minimum Gasteiger partial charge on any atom is -0.504 e. The van der Waals surface area contributed by atoms with Crippen LogP contribution in [0.4, 0.5) is 0 Å². The van der Waals surface area contributed by atoms with Crippen LogP contribution in [0.5, 0.6) is 40.2 Å². The highest BCUT2D eigenvalue weighted by molar-refractivity contribution is 7.99. The van der Waals surface area contributed by atoms with Crippen molar-refractivity contribution >= 4 is 23.7 Å². The monoisotopic (exact) mass is 777 g/mol. The van der Waals surface area contributed by atoms with Gasteiger partial charge in [0.05, 0.1) is 26.3 Å². The minimum absolute atomic E-state index is 0.0145. The third kappa shape index (κ3) is 5.68. The van der Waals surface area contributed by atoms with E-state index in [4.69, 9.17) is 28.4 Å². The lowest BCUT2D eigenvalue weighted by Gasteiger charge is -2.56. The van der Waals surface area contributed by atoms with Crippen LogP contribution in [0.1, 0.15) is 63.5 Å². The van der Waals surface area contributed by atoms with Crippen molar-refractivity contribution in [3.63, 3.8) is 0 Å². The average Bonchev–Trinajstić information content (AvgIpc) is 3.54. The summed E-state index contributed by atoms with van der Waals surface area (Å²) in [4.78, 5) is 31.4. The molecule has 6 aliphatic heterocycles. The molecule has 294 valence electrons. The summed E-state index contributed by atoms with van der Waals surface area (Å²) in [6.45, 7) is 7.17. The zero-order valence-corrected chi connectivity index (χ0v) is 32.8. The van der Waals surface area contributed by atoms with Crippen LogP contribution in [0.15, 0.2) is 18.2 Å². The molecule has 9 rings (SSSR count). The molecule has 2 saturated heterocycles. The first kappa shape index (κ1) is 37.5. The van der Waals surface area contributed by atoms with Crippen LogP contribution in [0.25, 0.3) is 0 Å². The number of hydrogen-bond acceptors (Lipinski definition) is 15. The number of carbonyl (C=O) groups is 2. The second-order valence-electron chi connectivity index (χ2n) is 15.2. The Balaban J connectivity index is 1.36. The zero-order chi connectivity index (χ0) is 39.1. The van der Waals surface area contributed by atoms with Gasteiger partial charge in [-0.3, -0.25) is 19.9 Å². The number of cyclic esters (lactones) is 1. The maximum atomic E-state index is 14.8. The number of aliphatic hydroxyl groups is 1. The Morgan fingerprint density at radius 2 is 1.76 bits per heavy atom. The smallest absolute Gasteiger partial charge is 0.331 e. The summed E-state index contributed by atoms with van der Waals surface area (Å²) < 4.78 is 35.7. The summed E-state index contributed by atoms with van der Waals surface area (Å²) in [5.74, 6) is 1.38. The first-order valence-electron chi connectivity index (χ1n) is 18.4. The quantitative estimate of drug-likeness (QED) is 0.224. The molecule has 3 aromatic carbocycles. The van der Waals surface area contributed by atoms with Gasteiger partial charge in [0.25, 0.3) is 0 Å². The fourth-order valence-corrected chi connectivity index (χ4v) is 11.2. The number of aryl methyl sites for hydroxylation is 1. The maximum Gasteiger partial charge on any atom is 0.331 e. The molecular weight excluding hydrogens is 731 g/mol. The van der Waals surface area contributed by atoms with E-state index >= 15 is 0 Å². The number of ether oxygens (including phenoxy) is 6. The number of nitrogens with zero attached hydrogens (tertiary/aromatic N) is 2. The molecule has 2 unspecified atom stereocenters. The zero-order valence-electron chi connectivity index (χ0n) is 32.0. The second-order valence-corrected chi connectivity index (χ2v) is 16.2. The first-order chi connectivity index (χ1) is 26.2. The van der Waals surface area contributed by atoms with Crippen molar-refractivity contribution < 1.29 is 53.3 Å². The maximum absolute atomic E-state index is 14.8. The molecule has 6 heterocycles. The highest BCUT2D eigenvalue weighted by atomic mass is 32.2. The summed E-state index contributed by atoms with van der Waals surface area (Å²) in [7, 11) is 4.94. The van der Waals surface area contributed by atoms with Gasteiger partial charge in [-0.05, 0) is 68.6 Å². The number of rotatable bonds is 4. The number of carbonyl (C=O) groups excluding carboxylic acids is 2. The number of likely N-dealkylation sites (N-methyl/N-ethyl adjacent to an activating group) is 1. The van der Waals surface area contributed by atoms with Crippen molar-refractivity contribution in [1.29, 1.82) is 0 Å². The second kappa shape index (κ2) is 13.7. The van der Waals surface area contributed by atoms with Crippen molar-refractivity contribution in [2.45, 2.75) is 69.9 Å². The summed E-state index contributed by atoms with van der Waals surface area (Å²) in [6, 6.07) is 3.54. The third-order valence-electron chi connectivity index (χ3n) is 11.9. The molecule has 6 aliphatic rings. The van der Waals surface area contributed by atoms with Gasteiger partial charge < -0.3 is 43.7 Å². The van der Waals surface area contributed by atoms with Crippen LogP contribution in [-0.4, -0.2) is 108 Å². The van der Waals surface area contributed by atoms with E-state index in [1.165, 1.54) is 32.9 Å². The van der Waals surface area contributed by atoms with Crippen LogP contribution in [0.2, 0.25) is 0 Å². The molecule has 0 saturated carbocycles. The summed E-state index contributed by atoms with van der Waals surface area (Å²) >= 11 is 1.53. The molecule has 14 nitrogen and oxygen atoms in total. The van der Waals surface area contributed by atoms with Gasteiger partial charge >= 0.3 is 11.9 Å². The predicted octanol–water partition coefficient (Wildman–Crippen LogP) is 3.67. The highest BCUT2D eigenvalue weighted by Crippen LogP contribution is 2.57. The van der Waals surface area contributed by atoms with E-state index < -0.39 is 41.3 Å². The molecule has 3 aromatic rings. The van der Waals surface area contributed by atoms with Crippen LogP contribution in [-0.2, 0) is 32.7 Å².